The first-order valence-corrected chi connectivity index (χ1v) is 26.0. The Balaban J connectivity index is 1.60. The fraction of sp³-hybridized carbons (Fsp3) is 0.481. The molecule has 0 saturated carbocycles. The first-order valence-electron chi connectivity index (χ1n) is 26.0. The summed E-state index contributed by atoms with van der Waals surface area (Å²) >= 11 is 0. The second-order valence-corrected chi connectivity index (χ2v) is 20.0. The number of rotatable bonds is 32. The Hall–Kier alpha value is -8.99. The number of carboxylic acid groups (broad SMARTS) is 1. The third-order valence-electron chi connectivity index (χ3n) is 12.9. The lowest BCUT2D eigenvalue weighted by Crippen LogP contribution is -2.61. The number of amides is 11. The molecule has 11 amide bonds. The molecule has 19 N–H and O–H groups in total. The molecule has 29 heteroatoms. The van der Waals surface area contributed by atoms with Crippen LogP contribution in [0, 0.1) is 5.92 Å². The van der Waals surface area contributed by atoms with Gasteiger partial charge in [0.1, 0.15) is 48.0 Å². The van der Waals surface area contributed by atoms with E-state index in [1.54, 1.807) is 44.2 Å². The van der Waals surface area contributed by atoms with Crippen LogP contribution in [0.1, 0.15) is 82.5 Å². The zero-order valence-electron chi connectivity index (χ0n) is 44.9. The summed E-state index contributed by atoms with van der Waals surface area (Å²) in [7, 11) is 0. The number of aliphatic hydroxyl groups is 1. The summed E-state index contributed by atoms with van der Waals surface area (Å²) in [6, 6.07) is -0.280. The number of aliphatic carboxylic acids is 1. The van der Waals surface area contributed by atoms with Crippen molar-refractivity contribution in [2.45, 2.75) is 145 Å². The van der Waals surface area contributed by atoms with Crippen molar-refractivity contribution in [3.05, 3.63) is 83.9 Å². The third-order valence-corrected chi connectivity index (χ3v) is 12.9. The van der Waals surface area contributed by atoms with Crippen LogP contribution in [0.5, 0.6) is 5.75 Å². The van der Waals surface area contributed by atoms with Gasteiger partial charge in [-0.3, -0.25) is 52.7 Å². The number of aliphatic hydroxyl groups excluding tert-OH is 1. The van der Waals surface area contributed by atoms with E-state index in [9.17, 15) is 72.9 Å². The highest BCUT2D eigenvalue weighted by atomic mass is 16.4. The quantitative estimate of drug-likeness (QED) is 0.0280. The minimum absolute atomic E-state index is 0.00407. The number of carboxylic acids is 1. The van der Waals surface area contributed by atoms with Crippen molar-refractivity contribution < 1.29 is 72.9 Å². The summed E-state index contributed by atoms with van der Waals surface area (Å²) in [5.74, 6) is -12.9. The Kier molecular flexibility index (Phi) is 24.7. The van der Waals surface area contributed by atoms with Crippen LogP contribution in [-0.2, 0) is 76.8 Å². The zero-order valence-corrected chi connectivity index (χ0v) is 44.9. The van der Waals surface area contributed by atoms with Gasteiger partial charge in [0, 0.05) is 44.1 Å². The third kappa shape index (κ3) is 21.0. The van der Waals surface area contributed by atoms with Crippen LogP contribution >= 0.6 is 0 Å². The zero-order chi connectivity index (χ0) is 60.1. The maximum Gasteiger partial charge on any atom is 0.328 e. The molecule has 0 bridgehead atoms. The number of carbonyl (C=O) groups is 12. The van der Waals surface area contributed by atoms with E-state index < -0.39 is 151 Å². The second-order valence-electron chi connectivity index (χ2n) is 20.0. The Bertz CT molecular complexity index is 2710. The smallest absolute Gasteiger partial charge is 0.328 e. The number of hydrogen-bond acceptors (Lipinski definition) is 16. The predicted molar refractivity (Wildman–Crippen MR) is 285 cm³/mol. The van der Waals surface area contributed by atoms with E-state index in [-0.39, 0.29) is 56.7 Å². The summed E-state index contributed by atoms with van der Waals surface area (Å²) in [5, 5.41) is 46.4. The van der Waals surface area contributed by atoms with Crippen LogP contribution in [0.3, 0.4) is 0 Å². The molecule has 1 fully saturated rings. The molecule has 2 heterocycles. The number of nitrogens with one attached hydrogen (secondary N) is 8. The average molecular weight is 1130 g/mol. The van der Waals surface area contributed by atoms with E-state index in [0.29, 0.717) is 23.2 Å². The van der Waals surface area contributed by atoms with Crippen LogP contribution < -0.4 is 60.2 Å². The lowest BCUT2D eigenvalue weighted by molar-refractivity contribution is -0.146. The van der Waals surface area contributed by atoms with Crippen molar-refractivity contribution in [3.63, 3.8) is 0 Å². The van der Waals surface area contributed by atoms with Crippen molar-refractivity contribution in [2.75, 3.05) is 6.54 Å². The van der Waals surface area contributed by atoms with E-state index in [4.69, 9.17) is 22.9 Å². The van der Waals surface area contributed by atoms with Gasteiger partial charge >= 0.3 is 5.97 Å². The SMILES string of the molecule is CC(C)C[C@H](NC(=O)[C@@H]1CCCN1C(=O)[C@H](Cc1ccccc1)NC(=O)[C@H](CC(N)=O)NC(=O)[C@H](CC(N)=O)NC(=O)[C@H](Cc1ccc(O)cc1)NC(=O)[C@H](CCC(N)=O)NC(=O)[C@@H](N)Cc1cnc[nH]1)C(=O)N[C@H](C(=O)O)[C@@H](C)O. The van der Waals surface area contributed by atoms with Crippen molar-refractivity contribution in [1.29, 1.82) is 0 Å². The van der Waals surface area contributed by atoms with Gasteiger partial charge in [-0.2, -0.15) is 0 Å². The molecule has 440 valence electrons. The van der Waals surface area contributed by atoms with Gasteiger partial charge in [0.25, 0.3) is 0 Å². The molecule has 3 aromatic rings. The molecule has 1 aliphatic heterocycles. The number of hydrogen-bond donors (Lipinski definition) is 15. The molecule has 1 saturated heterocycles. The summed E-state index contributed by atoms with van der Waals surface area (Å²) in [6.45, 7) is 4.66. The molecule has 10 atom stereocenters. The molecule has 1 aliphatic rings. The van der Waals surface area contributed by atoms with Crippen molar-refractivity contribution in [3.8, 4) is 5.75 Å². The molecule has 0 radical (unpaired) electrons. The maximum absolute atomic E-state index is 14.6. The van der Waals surface area contributed by atoms with Crippen LogP contribution in [-0.4, -0.2) is 168 Å². The molecule has 0 spiro atoms. The molecule has 81 heavy (non-hydrogen) atoms. The van der Waals surface area contributed by atoms with E-state index in [1.165, 1.54) is 48.6 Å². The Labute approximate surface area is 465 Å². The molecular weight excluding hydrogens is 1060 g/mol. The van der Waals surface area contributed by atoms with Gasteiger partial charge in [-0.05, 0) is 61.8 Å². The van der Waals surface area contributed by atoms with E-state index >= 15 is 0 Å². The second kappa shape index (κ2) is 31.0. The Morgan fingerprint density at radius 3 is 1.69 bits per heavy atom. The fourth-order valence-corrected chi connectivity index (χ4v) is 8.71. The number of aromatic amines is 1. The largest absolute Gasteiger partial charge is 0.508 e. The van der Waals surface area contributed by atoms with Gasteiger partial charge in [0.2, 0.25) is 65.0 Å². The number of carbonyl (C=O) groups excluding carboxylic acids is 11. The highest BCUT2D eigenvalue weighted by molar-refractivity contribution is 6.00. The standard InChI is InChI=1S/C52H72N14O15/c1-26(2)18-34(49(77)65-43(27(3)67)52(80)81)63-50(78)39-10-7-17-66(39)51(79)38(20-28-8-5-4-6-9-28)64-48(76)37(23-42(56)71)62-47(75)36(22-41(55)70)61-46(74)35(19-29-11-13-31(68)14-12-29)60-45(73)33(15-16-40(54)69)59-44(72)32(53)21-30-24-57-25-58-30/h4-6,8-9,11-14,24-27,32-39,43,67-68H,7,10,15-23,53H2,1-3H3,(H2,54,69)(H2,55,70)(H2,56,71)(H,57,58)(H,59,72)(H,60,73)(H,61,74)(H,62,75)(H,63,78)(H,64,76)(H,65,77)(H,80,81)/t27-,32+,33+,34+,35+,36+,37+,38+,39+,43+/m1/s1. The van der Waals surface area contributed by atoms with Crippen molar-refractivity contribution in [1.82, 2.24) is 52.1 Å². The first kappa shape index (κ1) is 64.5. The number of nitrogens with zero attached hydrogens (tertiary/aromatic N) is 2. The van der Waals surface area contributed by atoms with E-state index in [2.05, 4.69) is 47.2 Å². The van der Waals surface area contributed by atoms with Crippen LogP contribution in [0.2, 0.25) is 0 Å². The summed E-state index contributed by atoms with van der Waals surface area (Å²) in [6.07, 6.45) is -1.46. The van der Waals surface area contributed by atoms with Crippen molar-refractivity contribution >= 4 is 70.9 Å². The number of nitrogens with two attached hydrogens (primary N) is 4. The van der Waals surface area contributed by atoms with Gasteiger partial charge in [0.15, 0.2) is 6.04 Å². The Morgan fingerprint density at radius 1 is 0.642 bits per heavy atom. The van der Waals surface area contributed by atoms with Gasteiger partial charge in [0.05, 0.1) is 31.3 Å². The number of phenols is 1. The van der Waals surface area contributed by atoms with Crippen LogP contribution in [0.15, 0.2) is 67.1 Å². The monoisotopic (exact) mass is 1130 g/mol. The molecule has 2 aromatic carbocycles. The summed E-state index contributed by atoms with van der Waals surface area (Å²) in [5.41, 5.74) is 23.9. The average Bonchev–Trinajstić information content (AvgIpc) is 4.12. The van der Waals surface area contributed by atoms with Gasteiger partial charge < -0.3 is 85.4 Å². The number of H-pyrrole nitrogens is 1. The molecule has 0 aliphatic carbocycles. The molecule has 4 rings (SSSR count). The molecular formula is C52H72N14O15. The number of aromatic hydroxyl groups is 1. The number of aromatic nitrogens is 2. The number of primary amides is 3. The lowest BCUT2D eigenvalue weighted by Gasteiger charge is -2.31. The molecule has 1 aromatic heterocycles. The minimum atomic E-state index is -1.93. The van der Waals surface area contributed by atoms with Gasteiger partial charge in [-0.25, -0.2) is 9.78 Å². The summed E-state index contributed by atoms with van der Waals surface area (Å²) < 4.78 is 0. The van der Waals surface area contributed by atoms with Gasteiger partial charge in [-0.1, -0.05) is 56.3 Å². The number of benzene rings is 2. The highest BCUT2D eigenvalue weighted by Crippen LogP contribution is 2.21. The van der Waals surface area contributed by atoms with Crippen molar-refractivity contribution in [2.24, 2.45) is 28.9 Å². The molecule has 0 unspecified atom stereocenters. The maximum atomic E-state index is 14.6. The highest BCUT2D eigenvalue weighted by Gasteiger charge is 2.41. The van der Waals surface area contributed by atoms with Gasteiger partial charge in [-0.15, -0.1) is 0 Å². The van der Waals surface area contributed by atoms with E-state index in [0.717, 1.165) is 0 Å². The van der Waals surface area contributed by atoms with Crippen LogP contribution in [0.25, 0.3) is 0 Å². The van der Waals surface area contributed by atoms with Crippen LogP contribution in [0.4, 0.5) is 0 Å². The predicted octanol–water partition coefficient (Wildman–Crippen LogP) is -4.62. The summed E-state index contributed by atoms with van der Waals surface area (Å²) in [4.78, 5) is 169. The normalized spacial score (nSPS) is 16.3. The Morgan fingerprint density at radius 2 is 1.16 bits per heavy atom. The number of phenolic OH excluding ortho intramolecular Hbond substituents is 1. The first-order chi connectivity index (χ1) is 38.2. The number of imidazole rings is 1. The topological polar surface area (TPSA) is 486 Å². The molecule has 29 nitrogen and oxygen atoms in total. The lowest BCUT2D eigenvalue weighted by atomic mass is 10.0. The minimum Gasteiger partial charge on any atom is -0.508 e. The number of likely N-dealkylation sites (tertiary alicyclic amines) is 1. The fourth-order valence-electron chi connectivity index (χ4n) is 8.71. The van der Waals surface area contributed by atoms with E-state index in [1.807, 2.05) is 0 Å².